The van der Waals surface area contributed by atoms with E-state index in [9.17, 15) is 0 Å². The van der Waals surface area contributed by atoms with E-state index >= 15 is 0 Å². The third-order valence-electron chi connectivity index (χ3n) is 3.54. The second kappa shape index (κ2) is 6.50. The van der Waals surface area contributed by atoms with Gasteiger partial charge in [0.25, 0.3) is 0 Å². The van der Waals surface area contributed by atoms with Crippen LogP contribution in [0.4, 0.5) is 0 Å². The fourth-order valence-electron chi connectivity index (χ4n) is 2.27. The molecule has 0 aliphatic carbocycles. The number of halogens is 1. The van der Waals surface area contributed by atoms with Gasteiger partial charge in [-0.1, -0.05) is 23.7 Å². The molecule has 5 heteroatoms. The maximum Gasteiger partial charge on any atom is 0.131 e. The van der Waals surface area contributed by atoms with Crippen molar-refractivity contribution in [3.05, 3.63) is 45.7 Å². The Morgan fingerprint density at radius 3 is 2.67 bits per heavy atom. The van der Waals surface area contributed by atoms with Crippen LogP contribution in [0, 0.1) is 13.8 Å². The number of nitrogens with two attached hydrogens (primary N) is 1. The van der Waals surface area contributed by atoms with Crippen LogP contribution in [0.2, 0.25) is 5.02 Å². The van der Waals surface area contributed by atoms with Gasteiger partial charge in [0.2, 0.25) is 0 Å². The molecule has 4 nitrogen and oxygen atoms in total. The van der Waals surface area contributed by atoms with Gasteiger partial charge in [-0.2, -0.15) is 5.10 Å². The highest BCUT2D eigenvalue weighted by atomic mass is 35.5. The molecule has 0 unspecified atom stereocenters. The molecule has 114 valence electrons. The Hall–Kier alpha value is -1.52. The van der Waals surface area contributed by atoms with Crippen LogP contribution >= 0.6 is 11.6 Å². The molecular formula is C16H22ClN3O. The summed E-state index contributed by atoms with van der Waals surface area (Å²) in [6.07, 6.45) is 0. The van der Waals surface area contributed by atoms with E-state index in [2.05, 4.69) is 11.2 Å². The Bertz CT molecular complexity index is 635. The van der Waals surface area contributed by atoms with Crippen molar-refractivity contribution >= 4 is 11.6 Å². The molecule has 1 aromatic heterocycles. The molecule has 2 rings (SSSR count). The van der Waals surface area contributed by atoms with E-state index < -0.39 is 0 Å². The zero-order valence-electron chi connectivity index (χ0n) is 13.0. The molecule has 2 N–H and O–H groups in total. The molecule has 0 saturated carbocycles. The van der Waals surface area contributed by atoms with E-state index in [1.807, 2.05) is 44.5 Å². The van der Waals surface area contributed by atoms with Gasteiger partial charge >= 0.3 is 0 Å². The quantitative estimate of drug-likeness (QED) is 0.914. The molecule has 0 aliphatic rings. The first-order valence-electron chi connectivity index (χ1n) is 7.14. The van der Waals surface area contributed by atoms with Crippen LogP contribution in [0.25, 0.3) is 0 Å². The van der Waals surface area contributed by atoms with Crippen molar-refractivity contribution in [3.63, 3.8) is 0 Å². The van der Waals surface area contributed by atoms with Crippen LogP contribution in [0.5, 0.6) is 5.75 Å². The lowest BCUT2D eigenvalue weighted by Gasteiger charge is -2.13. The summed E-state index contributed by atoms with van der Waals surface area (Å²) in [6.45, 7) is 9.11. The van der Waals surface area contributed by atoms with Gasteiger partial charge in [-0.15, -0.1) is 0 Å². The molecule has 2 aromatic rings. The predicted molar refractivity (Wildman–Crippen MR) is 85.8 cm³/mol. The third kappa shape index (κ3) is 3.39. The number of benzene rings is 1. The highest BCUT2D eigenvalue weighted by molar-refractivity contribution is 6.31. The van der Waals surface area contributed by atoms with Crippen LogP contribution in [-0.2, 0) is 13.2 Å². The van der Waals surface area contributed by atoms with Gasteiger partial charge in [0.05, 0.1) is 16.4 Å². The first-order chi connectivity index (χ1) is 9.93. The molecule has 0 bridgehead atoms. The summed E-state index contributed by atoms with van der Waals surface area (Å²) >= 11 is 6.29. The molecule has 21 heavy (non-hydrogen) atoms. The monoisotopic (exact) mass is 307 g/mol. The number of ether oxygens (including phenoxy) is 1. The average Bonchev–Trinajstić information content (AvgIpc) is 2.72. The van der Waals surface area contributed by atoms with Crippen molar-refractivity contribution in [2.75, 3.05) is 0 Å². The summed E-state index contributed by atoms with van der Waals surface area (Å²) in [5, 5.41) is 5.07. The van der Waals surface area contributed by atoms with Gasteiger partial charge < -0.3 is 10.5 Å². The maximum absolute atomic E-state index is 6.29. The molecular weight excluding hydrogens is 286 g/mol. The standard InChI is InChI=1S/C16H22ClN3O/c1-5-20-14(16(17)12(4)19-20)9-21-15-7-6-13(11(3)18)8-10(15)2/h6-8,11H,5,9,18H2,1-4H3/t11-/m1/s1. The lowest BCUT2D eigenvalue weighted by molar-refractivity contribution is 0.290. The smallest absolute Gasteiger partial charge is 0.131 e. The summed E-state index contributed by atoms with van der Waals surface area (Å²) in [5.74, 6) is 0.844. The average molecular weight is 308 g/mol. The molecule has 1 heterocycles. The van der Waals surface area contributed by atoms with E-state index in [1.54, 1.807) is 0 Å². The van der Waals surface area contributed by atoms with Crippen LogP contribution in [-0.4, -0.2) is 9.78 Å². The minimum atomic E-state index is 0.0244. The van der Waals surface area contributed by atoms with Gasteiger partial charge in [0, 0.05) is 12.6 Å². The molecule has 1 atom stereocenters. The van der Waals surface area contributed by atoms with Crippen molar-refractivity contribution in [2.45, 2.75) is 46.9 Å². The molecule has 0 aliphatic heterocycles. The van der Waals surface area contributed by atoms with Crippen molar-refractivity contribution in [3.8, 4) is 5.75 Å². The zero-order chi connectivity index (χ0) is 15.6. The first kappa shape index (κ1) is 15.9. The van der Waals surface area contributed by atoms with Crippen molar-refractivity contribution in [1.29, 1.82) is 0 Å². The molecule has 0 spiro atoms. The predicted octanol–water partition coefficient (Wildman–Crippen LogP) is 3.77. The number of hydrogen-bond acceptors (Lipinski definition) is 3. The maximum atomic E-state index is 6.29. The van der Waals surface area contributed by atoms with Crippen LogP contribution < -0.4 is 10.5 Å². The fraction of sp³-hybridized carbons (Fsp3) is 0.438. The number of aryl methyl sites for hydroxylation is 3. The Morgan fingerprint density at radius 1 is 1.38 bits per heavy atom. The SMILES string of the molecule is CCn1nc(C)c(Cl)c1COc1ccc([C@@H](C)N)cc1C. The van der Waals surface area contributed by atoms with E-state index in [-0.39, 0.29) is 6.04 Å². The molecule has 0 fully saturated rings. The summed E-state index contributed by atoms with van der Waals surface area (Å²) in [4.78, 5) is 0. The minimum Gasteiger partial charge on any atom is -0.487 e. The van der Waals surface area contributed by atoms with Crippen LogP contribution in [0.3, 0.4) is 0 Å². The Morgan fingerprint density at radius 2 is 2.10 bits per heavy atom. The number of aromatic nitrogens is 2. The largest absolute Gasteiger partial charge is 0.487 e. The second-order valence-electron chi connectivity index (χ2n) is 5.26. The highest BCUT2D eigenvalue weighted by Crippen LogP contribution is 2.25. The van der Waals surface area contributed by atoms with E-state index in [0.717, 1.165) is 34.8 Å². The van der Waals surface area contributed by atoms with E-state index in [4.69, 9.17) is 22.1 Å². The van der Waals surface area contributed by atoms with Gasteiger partial charge in [-0.3, -0.25) is 4.68 Å². The van der Waals surface area contributed by atoms with Crippen molar-refractivity contribution in [1.82, 2.24) is 9.78 Å². The second-order valence-corrected chi connectivity index (χ2v) is 5.64. The van der Waals surface area contributed by atoms with Gasteiger partial charge in [-0.05, 0) is 44.9 Å². The number of rotatable bonds is 5. The summed E-state index contributed by atoms with van der Waals surface area (Å²) in [5.41, 5.74) is 9.81. The molecule has 0 amide bonds. The number of hydrogen-bond donors (Lipinski definition) is 1. The number of nitrogens with zero attached hydrogens (tertiary/aromatic N) is 2. The van der Waals surface area contributed by atoms with Crippen LogP contribution in [0.1, 0.15) is 42.4 Å². The first-order valence-corrected chi connectivity index (χ1v) is 7.52. The zero-order valence-corrected chi connectivity index (χ0v) is 13.7. The molecule has 1 aromatic carbocycles. The van der Waals surface area contributed by atoms with E-state index in [1.165, 1.54) is 0 Å². The van der Waals surface area contributed by atoms with Crippen LogP contribution in [0.15, 0.2) is 18.2 Å². The summed E-state index contributed by atoms with van der Waals surface area (Å²) in [7, 11) is 0. The van der Waals surface area contributed by atoms with E-state index in [0.29, 0.717) is 11.6 Å². The Kier molecular flexibility index (Phi) is 4.91. The third-order valence-corrected chi connectivity index (χ3v) is 4.03. The minimum absolute atomic E-state index is 0.0244. The molecule has 0 radical (unpaired) electrons. The lowest BCUT2D eigenvalue weighted by Crippen LogP contribution is -2.08. The molecule has 0 saturated heterocycles. The van der Waals surface area contributed by atoms with Gasteiger partial charge in [-0.25, -0.2) is 0 Å². The highest BCUT2D eigenvalue weighted by Gasteiger charge is 2.13. The fourth-order valence-corrected chi connectivity index (χ4v) is 2.46. The Labute approximate surface area is 130 Å². The Balaban J connectivity index is 2.17. The van der Waals surface area contributed by atoms with Gasteiger partial charge in [0.15, 0.2) is 0 Å². The lowest BCUT2D eigenvalue weighted by atomic mass is 10.1. The van der Waals surface area contributed by atoms with Gasteiger partial charge in [0.1, 0.15) is 12.4 Å². The van der Waals surface area contributed by atoms with Crippen molar-refractivity contribution in [2.24, 2.45) is 5.73 Å². The summed E-state index contributed by atoms with van der Waals surface area (Å²) in [6, 6.07) is 6.04. The van der Waals surface area contributed by atoms with Crippen molar-refractivity contribution < 1.29 is 4.74 Å². The normalized spacial score (nSPS) is 12.5. The topological polar surface area (TPSA) is 53.1 Å². The summed E-state index contributed by atoms with van der Waals surface area (Å²) < 4.78 is 7.79.